The lowest BCUT2D eigenvalue weighted by molar-refractivity contribution is -0.159. The predicted molar refractivity (Wildman–Crippen MR) is 189 cm³/mol. The number of phenols is 1. The molecule has 0 aromatic heterocycles. The van der Waals surface area contributed by atoms with Crippen LogP contribution in [0.2, 0.25) is 0 Å². The van der Waals surface area contributed by atoms with Crippen LogP contribution in [0.25, 0.3) is 0 Å². The standard InChI is InChI=1S/C37H54N4O9/c1-22(2)30(41-31(43)24(4)38-34(46)48-21-25-14-12-11-13-15-25)32(44)40-28-20-26(16-17-29(28)42)19-27(39-35(47)50-37(8,9)10)18-23(3)33(45)49-36(5,6)7/h11-17,20,22-24,27,30,42H,18-19,21H2,1-10H3,(H,38,46)(H,39,47)(H,40,44)(H,41,43). The van der Waals surface area contributed by atoms with E-state index in [1.807, 2.05) is 18.2 Å². The molecule has 0 saturated heterocycles. The summed E-state index contributed by atoms with van der Waals surface area (Å²) >= 11 is 0. The molecule has 0 aliphatic carbocycles. The van der Waals surface area contributed by atoms with Crippen LogP contribution in [0.4, 0.5) is 15.3 Å². The Bertz CT molecular complexity index is 1470. The van der Waals surface area contributed by atoms with Crippen molar-refractivity contribution in [2.45, 2.75) is 118 Å². The molecule has 4 atom stereocenters. The Balaban J connectivity index is 2.14. The van der Waals surface area contributed by atoms with Crippen molar-refractivity contribution < 1.29 is 43.3 Å². The van der Waals surface area contributed by atoms with Crippen LogP contribution in [0, 0.1) is 11.8 Å². The van der Waals surface area contributed by atoms with Crippen LogP contribution in [0.15, 0.2) is 48.5 Å². The van der Waals surface area contributed by atoms with Gasteiger partial charge in [-0.3, -0.25) is 14.4 Å². The van der Waals surface area contributed by atoms with E-state index in [9.17, 15) is 29.1 Å². The molecule has 0 aliphatic rings. The number of alkyl carbamates (subject to hydrolysis) is 2. The zero-order valence-electron chi connectivity index (χ0n) is 30.8. The van der Waals surface area contributed by atoms with Gasteiger partial charge in [-0.15, -0.1) is 0 Å². The smallest absolute Gasteiger partial charge is 0.408 e. The van der Waals surface area contributed by atoms with Gasteiger partial charge in [0.1, 0.15) is 35.6 Å². The largest absolute Gasteiger partial charge is 0.506 e. The van der Waals surface area contributed by atoms with Crippen molar-refractivity contribution in [3.05, 3.63) is 59.7 Å². The monoisotopic (exact) mass is 698 g/mol. The highest BCUT2D eigenvalue weighted by molar-refractivity contribution is 5.99. The number of hydrogen-bond donors (Lipinski definition) is 5. The summed E-state index contributed by atoms with van der Waals surface area (Å²) in [4.78, 5) is 64.1. The number of amides is 4. The quantitative estimate of drug-likeness (QED) is 0.0955. The van der Waals surface area contributed by atoms with Gasteiger partial charge in [0.15, 0.2) is 0 Å². The van der Waals surface area contributed by atoms with Crippen molar-refractivity contribution >= 4 is 35.7 Å². The van der Waals surface area contributed by atoms with Crippen LogP contribution in [-0.2, 0) is 41.6 Å². The molecule has 2 aromatic rings. The van der Waals surface area contributed by atoms with Gasteiger partial charge in [-0.2, -0.15) is 0 Å². The third-order valence-corrected chi connectivity index (χ3v) is 7.16. The minimum atomic E-state index is -1.02. The SMILES string of the molecule is CC(CC(Cc1ccc(O)c(NC(=O)C(NC(=O)C(C)NC(=O)OCc2ccccc2)C(C)C)c1)NC(=O)OC(C)(C)C)C(=O)OC(C)(C)C. The number of rotatable bonds is 14. The topological polar surface area (TPSA) is 181 Å². The molecule has 13 heteroatoms. The molecule has 0 fully saturated rings. The first-order valence-electron chi connectivity index (χ1n) is 16.8. The summed E-state index contributed by atoms with van der Waals surface area (Å²) in [6, 6.07) is 11.1. The maximum Gasteiger partial charge on any atom is 0.408 e. The lowest BCUT2D eigenvalue weighted by Crippen LogP contribution is -2.53. The lowest BCUT2D eigenvalue weighted by atomic mass is 9.95. The zero-order valence-corrected chi connectivity index (χ0v) is 30.8. The number of nitrogens with one attached hydrogen (secondary N) is 4. The Morgan fingerprint density at radius 1 is 0.740 bits per heavy atom. The molecule has 2 aromatic carbocycles. The molecule has 50 heavy (non-hydrogen) atoms. The molecule has 0 spiro atoms. The van der Waals surface area contributed by atoms with Gasteiger partial charge < -0.3 is 40.6 Å². The summed E-state index contributed by atoms with van der Waals surface area (Å²) in [5.41, 5.74) is 0.0730. The summed E-state index contributed by atoms with van der Waals surface area (Å²) in [6.07, 6.45) is -0.994. The normalized spacial score (nSPS) is 14.0. The van der Waals surface area contributed by atoms with Crippen molar-refractivity contribution in [2.75, 3.05) is 5.32 Å². The van der Waals surface area contributed by atoms with E-state index in [1.165, 1.54) is 13.0 Å². The predicted octanol–water partition coefficient (Wildman–Crippen LogP) is 5.59. The summed E-state index contributed by atoms with van der Waals surface area (Å²) in [5, 5.41) is 21.3. The third-order valence-electron chi connectivity index (χ3n) is 7.16. The van der Waals surface area contributed by atoms with E-state index in [-0.39, 0.29) is 36.8 Å². The Kier molecular flexibility index (Phi) is 15.1. The summed E-state index contributed by atoms with van der Waals surface area (Å²) in [7, 11) is 0. The molecule has 0 heterocycles. The average Bonchev–Trinajstić information content (AvgIpc) is 2.98. The second kappa shape index (κ2) is 18.3. The molecule has 5 N–H and O–H groups in total. The Hall–Kier alpha value is -4.81. The number of aromatic hydroxyl groups is 1. The number of carbonyl (C=O) groups is 5. The van der Waals surface area contributed by atoms with Gasteiger partial charge in [-0.25, -0.2) is 9.59 Å². The molecule has 0 radical (unpaired) electrons. The van der Waals surface area contributed by atoms with E-state index in [2.05, 4.69) is 21.3 Å². The highest BCUT2D eigenvalue weighted by Gasteiger charge is 2.29. The molecule has 0 aliphatic heterocycles. The van der Waals surface area contributed by atoms with E-state index < -0.39 is 65.2 Å². The average molecular weight is 699 g/mol. The summed E-state index contributed by atoms with van der Waals surface area (Å²) < 4.78 is 16.2. The first-order valence-corrected chi connectivity index (χ1v) is 16.8. The van der Waals surface area contributed by atoms with E-state index in [0.717, 1.165) is 5.56 Å². The second-order valence-electron chi connectivity index (χ2n) is 14.7. The highest BCUT2D eigenvalue weighted by Crippen LogP contribution is 2.27. The number of phenolic OH excluding ortho intramolecular Hbond substituents is 1. The molecule has 276 valence electrons. The summed E-state index contributed by atoms with van der Waals surface area (Å²) in [5.74, 6) is -2.76. The fourth-order valence-corrected chi connectivity index (χ4v) is 4.72. The molecule has 4 unspecified atom stereocenters. The van der Waals surface area contributed by atoms with Gasteiger partial charge in [-0.05, 0) is 90.5 Å². The van der Waals surface area contributed by atoms with Crippen molar-refractivity contribution in [2.24, 2.45) is 11.8 Å². The van der Waals surface area contributed by atoms with Gasteiger partial charge in [0.05, 0.1) is 11.6 Å². The van der Waals surface area contributed by atoms with Crippen LogP contribution in [0.3, 0.4) is 0 Å². The third kappa shape index (κ3) is 15.2. The van der Waals surface area contributed by atoms with Crippen LogP contribution < -0.4 is 21.3 Å². The molecular weight excluding hydrogens is 644 g/mol. The van der Waals surface area contributed by atoms with Crippen LogP contribution >= 0.6 is 0 Å². The number of anilines is 1. The van der Waals surface area contributed by atoms with Crippen LogP contribution in [-0.4, -0.2) is 64.4 Å². The zero-order chi connectivity index (χ0) is 37.8. The molecule has 0 bridgehead atoms. The number of benzene rings is 2. The number of esters is 1. The van der Waals surface area contributed by atoms with E-state index in [4.69, 9.17) is 14.2 Å². The maximum absolute atomic E-state index is 13.4. The van der Waals surface area contributed by atoms with Gasteiger partial charge >= 0.3 is 18.2 Å². The summed E-state index contributed by atoms with van der Waals surface area (Å²) in [6.45, 7) is 17.2. The molecular formula is C37H54N4O9. The van der Waals surface area contributed by atoms with E-state index in [1.54, 1.807) is 86.6 Å². The van der Waals surface area contributed by atoms with Crippen molar-refractivity contribution in [3.63, 3.8) is 0 Å². The Morgan fingerprint density at radius 2 is 1.36 bits per heavy atom. The Labute approximate surface area is 295 Å². The highest BCUT2D eigenvalue weighted by atomic mass is 16.6. The first-order chi connectivity index (χ1) is 23.1. The molecule has 0 saturated carbocycles. The van der Waals surface area contributed by atoms with Crippen molar-refractivity contribution in [3.8, 4) is 5.75 Å². The fourth-order valence-electron chi connectivity index (χ4n) is 4.72. The Morgan fingerprint density at radius 3 is 1.94 bits per heavy atom. The van der Waals surface area contributed by atoms with Gasteiger partial charge in [0, 0.05) is 6.04 Å². The van der Waals surface area contributed by atoms with E-state index in [0.29, 0.717) is 5.56 Å². The van der Waals surface area contributed by atoms with E-state index >= 15 is 0 Å². The van der Waals surface area contributed by atoms with Crippen molar-refractivity contribution in [1.82, 2.24) is 16.0 Å². The number of carbonyl (C=O) groups excluding carboxylic acids is 5. The first kappa shape index (κ1) is 41.4. The van der Waals surface area contributed by atoms with Gasteiger partial charge in [0.25, 0.3) is 0 Å². The minimum absolute atomic E-state index is 0.0289. The molecule has 4 amide bonds. The van der Waals surface area contributed by atoms with Crippen molar-refractivity contribution in [1.29, 1.82) is 0 Å². The fraction of sp³-hybridized carbons (Fsp3) is 0.541. The van der Waals surface area contributed by atoms with Gasteiger partial charge in [0.2, 0.25) is 11.8 Å². The number of ether oxygens (including phenoxy) is 3. The maximum atomic E-state index is 13.4. The molecule has 2 rings (SSSR count). The molecule has 13 nitrogen and oxygen atoms in total. The van der Waals surface area contributed by atoms with Crippen LogP contribution in [0.1, 0.15) is 86.8 Å². The van der Waals surface area contributed by atoms with Gasteiger partial charge in [-0.1, -0.05) is 57.2 Å². The minimum Gasteiger partial charge on any atom is -0.506 e. The lowest BCUT2D eigenvalue weighted by Gasteiger charge is -2.27. The van der Waals surface area contributed by atoms with Crippen LogP contribution in [0.5, 0.6) is 5.75 Å². The number of hydrogen-bond acceptors (Lipinski definition) is 9. The second-order valence-corrected chi connectivity index (χ2v) is 14.7.